The molecule has 0 radical (unpaired) electrons. The van der Waals surface area contributed by atoms with Gasteiger partial charge in [-0.25, -0.2) is 0 Å². The van der Waals surface area contributed by atoms with Crippen molar-refractivity contribution in [2.75, 3.05) is 13.1 Å². The predicted molar refractivity (Wildman–Crippen MR) is 94.7 cm³/mol. The van der Waals surface area contributed by atoms with Gasteiger partial charge in [0, 0.05) is 30.7 Å². The first-order valence-corrected chi connectivity index (χ1v) is 8.92. The lowest BCUT2D eigenvalue weighted by atomic mass is 9.78. The molecule has 1 aliphatic heterocycles. The van der Waals surface area contributed by atoms with Gasteiger partial charge in [0.2, 0.25) is 0 Å². The second-order valence-corrected chi connectivity index (χ2v) is 9.75. The van der Waals surface area contributed by atoms with Crippen LogP contribution < -0.4 is 5.32 Å². The van der Waals surface area contributed by atoms with E-state index in [-0.39, 0.29) is 5.54 Å². The fourth-order valence-corrected chi connectivity index (χ4v) is 4.25. The molecule has 1 heterocycles. The quantitative estimate of drug-likeness (QED) is 0.801. The van der Waals surface area contributed by atoms with Crippen LogP contribution in [0.25, 0.3) is 0 Å². The highest BCUT2D eigenvalue weighted by atomic mass is 15.3. The molecule has 1 rings (SSSR count). The average molecular weight is 297 g/mol. The number of piperazine rings is 1. The Hall–Kier alpha value is -0.0800. The molecular formula is C19H40N2. The van der Waals surface area contributed by atoms with Crippen LogP contribution in [0.3, 0.4) is 0 Å². The first kappa shape index (κ1) is 19.0. The van der Waals surface area contributed by atoms with Crippen molar-refractivity contribution in [3.05, 3.63) is 0 Å². The molecule has 0 aromatic rings. The molecule has 2 unspecified atom stereocenters. The summed E-state index contributed by atoms with van der Waals surface area (Å²) < 4.78 is 0. The molecular weight excluding hydrogens is 256 g/mol. The van der Waals surface area contributed by atoms with E-state index in [0.29, 0.717) is 23.4 Å². The molecule has 2 heteroatoms. The van der Waals surface area contributed by atoms with Crippen LogP contribution in [0.2, 0.25) is 0 Å². The van der Waals surface area contributed by atoms with E-state index in [2.05, 4.69) is 72.5 Å². The fourth-order valence-electron chi connectivity index (χ4n) is 4.25. The summed E-state index contributed by atoms with van der Waals surface area (Å²) in [5.74, 6) is 1.47. The molecule has 0 aromatic carbocycles. The number of hydrogen-bond acceptors (Lipinski definition) is 2. The van der Waals surface area contributed by atoms with E-state index in [1.165, 1.54) is 19.4 Å². The Morgan fingerprint density at radius 2 is 1.62 bits per heavy atom. The van der Waals surface area contributed by atoms with E-state index < -0.39 is 0 Å². The zero-order valence-corrected chi connectivity index (χ0v) is 16.1. The van der Waals surface area contributed by atoms with Gasteiger partial charge >= 0.3 is 0 Å². The summed E-state index contributed by atoms with van der Waals surface area (Å²) in [6.07, 6.45) is 2.53. The van der Waals surface area contributed by atoms with Gasteiger partial charge < -0.3 is 5.32 Å². The van der Waals surface area contributed by atoms with E-state index >= 15 is 0 Å². The molecule has 0 saturated carbocycles. The van der Waals surface area contributed by atoms with E-state index in [1.807, 2.05) is 0 Å². The van der Waals surface area contributed by atoms with E-state index in [9.17, 15) is 0 Å². The highest BCUT2D eigenvalue weighted by Crippen LogP contribution is 2.35. The Morgan fingerprint density at radius 1 is 1.05 bits per heavy atom. The smallest absolute Gasteiger partial charge is 0.0249 e. The second-order valence-electron chi connectivity index (χ2n) is 9.75. The van der Waals surface area contributed by atoms with Crippen molar-refractivity contribution in [2.24, 2.45) is 17.3 Å². The summed E-state index contributed by atoms with van der Waals surface area (Å²) in [7, 11) is 0. The lowest BCUT2D eigenvalue weighted by Gasteiger charge is -2.52. The molecule has 2 nitrogen and oxygen atoms in total. The molecule has 0 spiro atoms. The number of nitrogens with zero attached hydrogens (tertiary/aromatic N) is 1. The Bertz CT molecular complexity index is 312. The highest BCUT2D eigenvalue weighted by molar-refractivity contribution is 4.97. The molecule has 126 valence electrons. The summed E-state index contributed by atoms with van der Waals surface area (Å²) in [6.45, 7) is 23.8. The van der Waals surface area contributed by atoms with Crippen LogP contribution in [0, 0.1) is 17.3 Å². The maximum atomic E-state index is 3.81. The number of hydrogen-bond donors (Lipinski definition) is 1. The summed E-state index contributed by atoms with van der Waals surface area (Å²) in [4.78, 5) is 2.81. The lowest BCUT2D eigenvalue weighted by Crippen LogP contribution is -2.64. The van der Waals surface area contributed by atoms with Crippen LogP contribution in [0.4, 0.5) is 0 Å². The average Bonchev–Trinajstić information content (AvgIpc) is 2.24. The van der Waals surface area contributed by atoms with Crippen LogP contribution in [0.1, 0.15) is 75.2 Å². The van der Waals surface area contributed by atoms with Gasteiger partial charge in [-0.15, -0.1) is 0 Å². The van der Waals surface area contributed by atoms with Crippen LogP contribution in [0.5, 0.6) is 0 Å². The SMILES string of the molecule is CC(C)CC1CN(C(C)(C)CC(C)(C)C)C(C(C)C)CN1. The van der Waals surface area contributed by atoms with Crippen molar-refractivity contribution in [1.82, 2.24) is 10.2 Å². The zero-order valence-electron chi connectivity index (χ0n) is 16.1. The number of nitrogens with one attached hydrogen (secondary N) is 1. The molecule has 0 amide bonds. The third-order valence-corrected chi connectivity index (χ3v) is 4.70. The molecule has 0 bridgehead atoms. The van der Waals surface area contributed by atoms with E-state index in [1.54, 1.807) is 0 Å². The predicted octanol–water partition coefficient (Wildman–Crippen LogP) is 4.55. The molecule has 1 N–H and O–H groups in total. The Labute approximate surface area is 134 Å². The Morgan fingerprint density at radius 3 is 2.05 bits per heavy atom. The third kappa shape index (κ3) is 5.90. The molecule has 1 fully saturated rings. The maximum absolute atomic E-state index is 3.81. The van der Waals surface area contributed by atoms with Crippen LogP contribution >= 0.6 is 0 Å². The van der Waals surface area contributed by atoms with Gasteiger partial charge in [-0.05, 0) is 43.9 Å². The normalized spacial score (nSPS) is 25.9. The van der Waals surface area contributed by atoms with Crippen molar-refractivity contribution in [3.63, 3.8) is 0 Å². The fraction of sp³-hybridized carbons (Fsp3) is 1.00. The summed E-state index contributed by atoms with van der Waals surface area (Å²) in [5, 5.41) is 3.81. The van der Waals surface area contributed by atoms with Gasteiger partial charge in [0.25, 0.3) is 0 Å². The molecule has 1 saturated heterocycles. The Kier molecular flexibility index (Phi) is 6.32. The van der Waals surface area contributed by atoms with Gasteiger partial charge in [-0.2, -0.15) is 0 Å². The minimum atomic E-state index is 0.268. The highest BCUT2D eigenvalue weighted by Gasteiger charge is 2.40. The van der Waals surface area contributed by atoms with Crippen LogP contribution in [-0.2, 0) is 0 Å². The summed E-state index contributed by atoms with van der Waals surface area (Å²) in [5.41, 5.74) is 0.647. The molecule has 2 atom stereocenters. The monoisotopic (exact) mass is 296 g/mol. The van der Waals surface area contributed by atoms with E-state index in [4.69, 9.17) is 0 Å². The van der Waals surface area contributed by atoms with Crippen molar-refractivity contribution in [3.8, 4) is 0 Å². The topological polar surface area (TPSA) is 15.3 Å². The molecule has 21 heavy (non-hydrogen) atoms. The zero-order chi connectivity index (χ0) is 16.4. The standard InChI is InChI=1S/C19H40N2/c1-14(2)10-16-12-21(17(11-20-16)15(3)4)19(8,9)13-18(5,6)7/h14-17,20H,10-13H2,1-9H3. The van der Waals surface area contributed by atoms with Crippen molar-refractivity contribution in [2.45, 2.75) is 92.8 Å². The molecule has 0 aliphatic carbocycles. The summed E-state index contributed by atoms with van der Waals surface area (Å²) in [6, 6.07) is 1.31. The van der Waals surface area contributed by atoms with Crippen LogP contribution in [0.15, 0.2) is 0 Å². The minimum absolute atomic E-state index is 0.268. The second kappa shape index (κ2) is 7.00. The first-order chi connectivity index (χ1) is 9.42. The van der Waals surface area contributed by atoms with Gasteiger partial charge in [0.05, 0.1) is 0 Å². The van der Waals surface area contributed by atoms with E-state index in [0.717, 1.165) is 12.5 Å². The van der Waals surface area contributed by atoms with Gasteiger partial charge in [-0.1, -0.05) is 48.5 Å². The maximum Gasteiger partial charge on any atom is 0.0249 e. The van der Waals surface area contributed by atoms with Crippen molar-refractivity contribution >= 4 is 0 Å². The lowest BCUT2D eigenvalue weighted by molar-refractivity contribution is -0.0129. The minimum Gasteiger partial charge on any atom is -0.311 e. The van der Waals surface area contributed by atoms with Crippen molar-refractivity contribution < 1.29 is 0 Å². The number of rotatable bonds is 5. The summed E-state index contributed by atoms with van der Waals surface area (Å²) >= 11 is 0. The van der Waals surface area contributed by atoms with Crippen LogP contribution in [-0.4, -0.2) is 35.6 Å². The van der Waals surface area contributed by atoms with Gasteiger partial charge in [0.15, 0.2) is 0 Å². The van der Waals surface area contributed by atoms with Crippen molar-refractivity contribution in [1.29, 1.82) is 0 Å². The third-order valence-electron chi connectivity index (χ3n) is 4.70. The van der Waals surface area contributed by atoms with Gasteiger partial charge in [0.1, 0.15) is 0 Å². The Balaban J connectivity index is 2.88. The molecule has 1 aliphatic rings. The molecule has 0 aromatic heterocycles. The first-order valence-electron chi connectivity index (χ1n) is 8.92. The van der Waals surface area contributed by atoms with Gasteiger partial charge in [-0.3, -0.25) is 4.90 Å². The largest absolute Gasteiger partial charge is 0.311 e.